The number of hydrogen-bond donors (Lipinski definition) is 2. The number of nitrogens with one attached hydrogen (secondary N) is 2. The standard InChI is InChI=1S/C22H30N4O7S2/c1-25(2)35(30,31)26-13-11-16(12-14-26)22(27)23-17-5-8-19(9-6-17)34(28,29)24-20-15-18(32-3)7-10-21(20)33-4/h5-10,15-16,24H,11-14H2,1-4H3,(H,23,27). The van der Waals surface area contributed by atoms with Crippen LogP contribution in [0, 0.1) is 5.92 Å². The Balaban J connectivity index is 1.64. The van der Waals surface area contributed by atoms with Crippen molar-refractivity contribution < 1.29 is 31.1 Å². The molecule has 0 saturated carbocycles. The average Bonchev–Trinajstić information content (AvgIpc) is 2.84. The minimum atomic E-state index is -3.93. The summed E-state index contributed by atoms with van der Waals surface area (Å²) in [6.07, 6.45) is 0.801. The molecule has 3 rings (SSSR count). The van der Waals surface area contributed by atoms with Gasteiger partial charge in [0.2, 0.25) is 5.91 Å². The molecule has 35 heavy (non-hydrogen) atoms. The highest BCUT2D eigenvalue weighted by molar-refractivity contribution is 7.92. The van der Waals surface area contributed by atoms with Gasteiger partial charge in [0.15, 0.2) is 0 Å². The van der Waals surface area contributed by atoms with Gasteiger partial charge in [-0.15, -0.1) is 0 Å². The molecule has 2 aromatic carbocycles. The van der Waals surface area contributed by atoms with Crippen LogP contribution in [0.4, 0.5) is 11.4 Å². The summed E-state index contributed by atoms with van der Waals surface area (Å²) in [6.45, 7) is 0.518. The number of benzene rings is 2. The van der Waals surface area contributed by atoms with Gasteiger partial charge in [0.05, 0.1) is 24.8 Å². The number of methoxy groups -OCH3 is 2. The van der Waals surface area contributed by atoms with Crippen LogP contribution in [-0.2, 0) is 25.0 Å². The highest BCUT2D eigenvalue weighted by atomic mass is 32.2. The van der Waals surface area contributed by atoms with Crippen molar-refractivity contribution in [2.45, 2.75) is 17.7 Å². The molecule has 1 heterocycles. The number of nitrogens with zero attached hydrogens (tertiary/aromatic N) is 2. The van der Waals surface area contributed by atoms with Gasteiger partial charge >= 0.3 is 0 Å². The van der Waals surface area contributed by atoms with E-state index in [4.69, 9.17) is 9.47 Å². The van der Waals surface area contributed by atoms with Gasteiger partial charge in [0.1, 0.15) is 11.5 Å². The average molecular weight is 527 g/mol. The summed E-state index contributed by atoms with van der Waals surface area (Å²) in [7, 11) is -1.58. The Kier molecular flexibility index (Phi) is 8.26. The Hall–Kier alpha value is -2.87. The number of anilines is 2. The predicted molar refractivity (Wildman–Crippen MR) is 132 cm³/mol. The zero-order valence-corrected chi connectivity index (χ0v) is 21.6. The third-order valence-corrected chi connectivity index (χ3v) is 9.02. The van der Waals surface area contributed by atoms with E-state index in [1.165, 1.54) is 63.0 Å². The van der Waals surface area contributed by atoms with Crippen LogP contribution in [0.1, 0.15) is 12.8 Å². The van der Waals surface area contributed by atoms with Crippen molar-refractivity contribution in [2.75, 3.05) is 51.4 Å². The van der Waals surface area contributed by atoms with Gasteiger partial charge in [-0.25, -0.2) is 8.42 Å². The van der Waals surface area contributed by atoms with Gasteiger partial charge in [-0.05, 0) is 49.2 Å². The second kappa shape index (κ2) is 10.8. The van der Waals surface area contributed by atoms with Crippen LogP contribution in [0.5, 0.6) is 11.5 Å². The number of hydrogen-bond acceptors (Lipinski definition) is 7. The minimum Gasteiger partial charge on any atom is -0.497 e. The molecule has 11 nitrogen and oxygen atoms in total. The summed E-state index contributed by atoms with van der Waals surface area (Å²) < 4.78 is 65.5. The molecule has 1 fully saturated rings. The first kappa shape index (κ1) is 26.7. The molecule has 0 aromatic heterocycles. The van der Waals surface area contributed by atoms with Crippen molar-refractivity contribution >= 4 is 37.5 Å². The maximum atomic E-state index is 12.9. The van der Waals surface area contributed by atoms with Crippen molar-refractivity contribution in [2.24, 2.45) is 5.92 Å². The normalized spacial score (nSPS) is 15.6. The molecule has 192 valence electrons. The lowest BCUT2D eigenvalue weighted by Gasteiger charge is -2.32. The van der Waals surface area contributed by atoms with Crippen molar-refractivity contribution in [3.63, 3.8) is 0 Å². The Morgan fingerprint density at radius 1 is 0.971 bits per heavy atom. The SMILES string of the molecule is COc1ccc(OC)c(NS(=O)(=O)c2ccc(NC(=O)C3CCN(S(=O)(=O)N(C)C)CC3)cc2)c1. The topological polar surface area (TPSA) is 134 Å². The molecule has 1 aliphatic rings. The molecule has 0 unspecified atom stereocenters. The van der Waals surface area contributed by atoms with E-state index in [2.05, 4.69) is 10.0 Å². The molecule has 0 bridgehead atoms. The Morgan fingerprint density at radius 2 is 1.60 bits per heavy atom. The molecule has 0 radical (unpaired) electrons. The molecule has 2 aromatic rings. The first-order valence-electron chi connectivity index (χ1n) is 10.8. The number of amides is 1. The molecule has 1 aliphatic heterocycles. The Labute approximate surface area is 206 Å². The predicted octanol–water partition coefficient (Wildman–Crippen LogP) is 1.96. The van der Waals surface area contributed by atoms with Crippen molar-refractivity contribution in [3.8, 4) is 11.5 Å². The minimum absolute atomic E-state index is 0.00238. The van der Waals surface area contributed by atoms with E-state index in [1.807, 2.05) is 0 Å². The van der Waals surface area contributed by atoms with Gasteiger partial charge in [0, 0.05) is 44.9 Å². The van der Waals surface area contributed by atoms with Crippen LogP contribution in [0.25, 0.3) is 0 Å². The molecule has 0 spiro atoms. The summed E-state index contributed by atoms with van der Waals surface area (Å²) in [5.41, 5.74) is 0.670. The summed E-state index contributed by atoms with van der Waals surface area (Å²) in [4.78, 5) is 12.7. The number of sulfonamides is 1. The fraction of sp³-hybridized carbons (Fsp3) is 0.409. The van der Waals surface area contributed by atoms with Crippen molar-refractivity contribution in [1.29, 1.82) is 0 Å². The lowest BCUT2D eigenvalue weighted by atomic mass is 9.97. The first-order valence-corrected chi connectivity index (χ1v) is 13.7. The van der Waals surface area contributed by atoms with Crippen LogP contribution in [-0.4, -0.2) is 72.8 Å². The zero-order valence-electron chi connectivity index (χ0n) is 20.0. The van der Waals surface area contributed by atoms with Gasteiger partial charge < -0.3 is 14.8 Å². The largest absolute Gasteiger partial charge is 0.497 e. The molecule has 13 heteroatoms. The number of carbonyl (C=O) groups is 1. The molecule has 0 aliphatic carbocycles. The number of piperidine rings is 1. The highest BCUT2D eigenvalue weighted by Crippen LogP contribution is 2.31. The van der Waals surface area contributed by atoms with Gasteiger partial charge in [-0.3, -0.25) is 9.52 Å². The van der Waals surface area contributed by atoms with E-state index >= 15 is 0 Å². The summed E-state index contributed by atoms with van der Waals surface area (Å²) in [5, 5.41) is 2.78. The third kappa shape index (κ3) is 6.23. The second-order valence-corrected chi connectivity index (χ2v) is 12.0. The van der Waals surface area contributed by atoms with Crippen LogP contribution in [0.15, 0.2) is 47.4 Å². The van der Waals surface area contributed by atoms with Crippen molar-refractivity contribution in [1.82, 2.24) is 8.61 Å². The number of rotatable bonds is 9. The van der Waals surface area contributed by atoms with Crippen LogP contribution in [0.2, 0.25) is 0 Å². The maximum Gasteiger partial charge on any atom is 0.281 e. The van der Waals surface area contributed by atoms with Crippen LogP contribution >= 0.6 is 0 Å². The van der Waals surface area contributed by atoms with Gasteiger partial charge in [-0.1, -0.05) is 0 Å². The molecular weight excluding hydrogens is 496 g/mol. The lowest BCUT2D eigenvalue weighted by Crippen LogP contribution is -2.46. The molecular formula is C22H30N4O7S2. The summed E-state index contributed by atoms with van der Waals surface area (Å²) in [5.74, 6) is 0.227. The third-order valence-electron chi connectivity index (χ3n) is 5.70. The van der Waals surface area contributed by atoms with E-state index < -0.39 is 20.2 Å². The Morgan fingerprint density at radius 3 is 2.14 bits per heavy atom. The molecule has 0 atom stereocenters. The summed E-state index contributed by atoms with van der Waals surface area (Å²) >= 11 is 0. The maximum absolute atomic E-state index is 12.9. The van der Waals surface area contributed by atoms with E-state index in [-0.39, 0.29) is 35.5 Å². The van der Waals surface area contributed by atoms with Gasteiger partial charge in [-0.2, -0.15) is 17.0 Å². The fourth-order valence-corrected chi connectivity index (χ4v) is 5.83. The van der Waals surface area contributed by atoms with E-state index in [0.29, 0.717) is 30.0 Å². The molecule has 2 N–H and O–H groups in total. The van der Waals surface area contributed by atoms with E-state index in [9.17, 15) is 21.6 Å². The van der Waals surface area contributed by atoms with Crippen molar-refractivity contribution in [3.05, 3.63) is 42.5 Å². The Bertz CT molecular complexity index is 1260. The number of ether oxygens (including phenoxy) is 2. The smallest absolute Gasteiger partial charge is 0.281 e. The zero-order chi connectivity index (χ0) is 25.8. The monoisotopic (exact) mass is 526 g/mol. The fourth-order valence-electron chi connectivity index (χ4n) is 3.64. The van der Waals surface area contributed by atoms with E-state index in [1.54, 1.807) is 12.1 Å². The van der Waals surface area contributed by atoms with E-state index in [0.717, 1.165) is 4.31 Å². The molecule has 1 amide bonds. The number of carbonyl (C=O) groups excluding carboxylic acids is 1. The second-order valence-electron chi connectivity index (χ2n) is 8.15. The quantitative estimate of drug-likeness (QED) is 0.510. The first-order chi connectivity index (χ1) is 16.5. The van der Waals surface area contributed by atoms with Gasteiger partial charge in [0.25, 0.3) is 20.2 Å². The summed E-state index contributed by atoms with van der Waals surface area (Å²) in [6, 6.07) is 10.5. The molecule has 1 saturated heterocycles. The highest BCUT2D eigenvalue weighted by Gasteiger charge is 2.32. The van der Waals surface area contributed by atoms with Crippen LogP contribution in [0.3, 0.4) is 0 Å². The van der Waals surface area contributed by atoms with Crippen LogP contribution < -0.4 is 19.5 Å². The lowest BCUT2D eigenvalue weighted by molar-refractivity contribution is -0.120.